The van der Waals surface area contributed by atoms with E-state index >= 15 is 0 Å². The number of carbonyl (C=O) groups is 1. The van der Waals surface area contributed by atoms with E-state index < -0.39 is 0 Å². The van der Waals surface area contributed by atoms with Crippen LogP contribution >= 0.6 is 0 Å². The van der Waals surface area contributed by atoms with Crippen molar-refractivity contribution < 1.29 is 14.3 Å². The van der Waals surface area contributed by atoms with E-state index in [0.717, 1.165) is 96.8 Å². The fourth-order valence-electron chi connectivity index (χ4n) is 6.69. The number of nitrogens with zero attached hydrogens (tertiary/aromatic N) is 7. The summed E-state index contributed by atoms with van der Waals surface area (Å²) >= 11 is 0. The zero-order valence-electron chi connectivity index (χ0n) is 27.9. The van der Waals surface area contributed by atoms with Gasteiger partial charge in [0, 0.05) is 81.5 Å². The second kappa shape index (κ2) is 13.6. The van der Waals surface area contributed by atoms with Crippen LogP contribution in [0.3, 0.4) is 0 Å². The van der Waals surface area contributed by atoms with Crippen LogP contribution in [0.15, 0.2) is 61.1 Å². The van der Waals surface area contributed by atoms with E-state index in [1.165, 1.54) is 0 Å². The Morgan fingerprint density at radius 1 is 0.979 bits per heavy atom. The number of benzene rings is 2. The van der Waals surface area contributed by atoms with Gasteiger partial charge in [0.05, 0.1) is 42.7 Å². The van der Waals surface area contributed by atoms with Gasteiger partial charge in [-0.25, -0.2) is 9.97 Å². The molecule has 0 bridgehead atoms. The van der Waals surface area contributed by atoms with Crippen LogP contribution in [-0.2, 0) is 31.7 Å². The van der Waals surface area contributed by atoms with E-state index in [2.05, 4.69) is 49.9 Å². The average Bonchev–Trinajstić information content (AvgIpc) is 3.70. The summed E-state index contributed by atoms with van der Waals surface area (Å²) in [5.74, 6) is 0.874. The van der Waals surface area contributed by atoms with Crippen molar-refractivity contribution in [2.75, 3.05) is 45.8 Å². The molecule has 1 saturated heterocycles. The third-order valence-electron chi connectivity index (χ3n) is 9.29. The van der Waals surface area contributed by atoms with Crippen LogP contribution in [0.5, 0.6) is 5.75 Å². The number of aryl methyl sites for hydroxylation is 4. The SMILES string of the molecule is COCCN1CCC(NC(=O)c2ccc(Nc3ncc4c(n3)-c3c(nn(C)c3-c3ccc(-c5cnn(C)c5)cc3)CC4)c(OC)c2)CC1. The van der Waals surface area contributed by atoms with E-state index in [9.17, 15) is 4.79 Å². The maximum atomic E-state index is 13.2. The molecule has 12 nitrogen and oxygen atoms in total. The van der Waals surface area contributed by atoms with E-state index in [1.54, 1.807) is 31.0 Å². The van der Waals surface area contributed by atoms with Crippen molar-refractivity contribution in [3.8, 4) is 39.4 Å². The highest BCUT2D eigenvalue weighted by molar-refractivity contribution is 5.95. The van der Waals surface area contributed by atoms with Gasteiger partial charge in [0.2, 0.25) is 5.95 Å². The fourth-order valence-corrected chi connectivity index (χ4v) is 6.69. The number of anilines is 2. The van der Waals surface area contributed by atoms with E-state index in [-0.39, 0.29) is 11.9 Å². The van der Waals surface area contributed by atoms with Gasteiger partial charge in [-0.2, -0.15) is 10.2 Å². The molecular weight excluding hydrogens is 606 g/mol. The van der Waals surface area contributed by atoms with Crippen molar-refractivity contribution >= 4 is 17.5 Å². The maximum Gasteiger partial charge on any atom is 0.251 e. The number of aromatic nitrogens is 6. The van der Waals surface area contributed by atoms with Gasteiger partial charge in [-0.05, 0) is 55.0 Å². The monoisotopic (exact) mass is 647 g/mol. The quantitative estimate of drug-likeness (QED) is 0.223. The first-order valence-electron chi connectivity index (χ1n) is 16.4. The Labute approximate surface area is 280 Å². The number of hydrogen-bond donors (Lipinski definition) is 2. The summed E-state index contributed by atoms with van der Waals surface area (Å²) < 4.78 is 14.7. The Balaban J connectivity index is 1.10. The number of likely N-dealkylation sites (tertiary alicyclic amines) is 1. The van der Waals surface area contributed by atoms with Gasteiger partial charge in [0.1, 0.15) is 5.75 Å². The van der Waals surface area contributed by atoms with Gasteiger partial charge in [-0.1, -0.05) is 24.3 Å². The summed E-state index contributed by atoms with van der Waals surface area (Å²) in [5, 5.41) is 15.7. The van der Waals surface area contributed by atoms with E-state index in [0.29, 0.717) is 22.9 Å². The summed E-state index contributed by atoms with van der Waals surface area (Å²) in [4.78, 5) is 25.2. The standard InChI is InChI=1S/C36H41N9O3/c1-43-22-27(21-38-43)23-5-7-24(8-6-23)34-32-30(42-44(34)2)12-10-26-20-37-36(41-33(26)32)40-29-11-9-25(19-31(29)48-4)35(46)39-28-13-15-45(16-14-28)17-18-47-3/h5-9,11,19-22,28H,10,12-18H2,1-4H3,(H,39,46)(H,37,40,41). The highest BCUT2D eigenvalue weighted by Gasteiger charge is 2.27. The molecule has 0 unspecified atom stereocenters. The zero-order chi connectivity index (χ0) is 33.2. The number of fused-ring (bicyclic) bond motifs is 3. The second-order valence-corrected chi connectivity index (χ2v) is 12.5. The van der Waals surface area contributed by atoms with Crippen LogP contribution in [0.2, 0.25) is 0 Å². The van der Waals surface area contributed by atoms with Crippen LogP contribution in [0.1, 0.15) is 34.5 Å². The Hall–Kier alpha value is -5.07. The molecule has 1 aliphatic carbocycles. The topological polar surface area (TPSA) is 124 Å². The third-order valence-corrected chi connectivity index (χ3v) is 9.29. The molecule has 1 aliphatic heterocycles. The lowest BCUT2D eigenvalue weighted by molar-refractivity contribution is 0.0892. The number of hydrogen-bond acceptors (Lipinski definition) is 9. The number of carbonyl (C=O) groups excluding carboxylic acids is 1. The second-order valence-electron chi connectivity index (χ2n) is 12.5. The first-order valence-corrected chi connectivity index (χ1v) is 16.4. The van der Waals surface area contributed by atoms with Crippen LogP contribution in [0, 0.1) is 0 Å². The molecule has 2 aliphatic rings. The minimum Gasteiger partial charge on any atom is -0.495 e. The molecule has 1 fully saturated rings. The number of piperidine rings is 1. The number of rotatable bonds is 10. The predicted octanol–water partition coefficient (Wildman–Crippen LogP) is 4.64. The third kappa shape index (κ3) is 6.41. The fraction of sp³-hybridized carbons (Fsp3) is 0.361. The first kappa shape index (κ1) is 31.5. The number of methoxy groups -OCH3 is 2. The van der Waals surface area contributed by atoms with Crippen LogP contribution in [0.25, 0.3) is 33.6 Å². The maximum absolute atomic E-state index is 13.2. The summed E-state index contributed by atoms with van der Waals surface area (Å²) in [5.41, 5.74) is 9.48. The lowest BCUT2D eigenvalue weighted by atomic mass is 9.91. The van der Waals surface area contributed by atoms with Crippen LogP contribution < -0.4 is 15.4 Å². The molecule has 2 aromatic carbocycles. The van der Waals surface area contributed by atoms with Gasteiger partial charge in [-0.15, -0.1) is 0 Å². The Bertz CT molecular complexity index is 1920. The number of nitrogens with one attached hydrogen (secondary N) is 2. The molecule has 48 heavy (non-hydrogen) atoms. The van der Waals surface area contributed by atoms with Crippen molar-refractivity contribution in [3.63, 3.8) is 0 Å². The molecule has 1 amide bonds. The number of ether oxygens (including phenoxy) is 2. The molecule has 3 aromatic heterocycles. The Kier molecular flexibility index (Phi) is 8.92. The van der Waals surface area contributed by atoms with Crippen molar-refractivity contribution in [1.82, 2.24) is 39.7 Å². The highest BCUT2D eigenvalue weighted by atomic mass is 16.5. The predicted molar refractivity (Wildman–Crippen MR) is 184 cm³/mol. The van der Waals surface area contributed by atoms with E-state index in [1.807, 2.05) is 43.4 Å². The summed E-state index contributed by atoms with van der Waals surface area (Å²) in [7, 11) is 7.22. The van der Waals surface area contributed by atoms with Gasteiger partial charge in [-0.3, -0.25) is 14.2 Å². The smallest absolute Gasteiger partial charge is 0.251 e. The molecule has 4 heterocycles. The molecule has 0 radical (unpaired) electrons. The van der Waals surface area contributed by atoms with Gasteiger partial charge in [0.25, 0.3) is 5.91 Å². The minimum atomic E-state index is -0.106. The van der Waals surface area contributed by atoms with Crippen LogP contribution in [-0.4, -0.2) is 86.8 Å². The van der Waals surface area contributed by atoms with Crippen LogP contribution in [0.4, 0.5) is 11.6 Å². The largest absolute Gasteiger partial charge is 0.495 e. The lowest BCUT2D eigenvalue weighted by Gasteiger charge is -2.32. The highest BCUT2D eigenvalue weighted by Crippen LogP contribution is 2.40. The van der Waals surface area contributed by atoms with Gasteiger partial charge >= 0.3 is 0 Å². The van der Waals surface area contributed by atoms with E-state index in [4.69, 9.17) is 19.6 Å². The molecule has 0 spiro atoms. The van der Waals surface area contributed by atoms with Crippen molar-refractivity contribution in [2.45, 2.75) is 31.7 Å². The Morgan fingerprint density at radius 3 is 2.50 bits per heavy atom. The van der Waals surface area contributed by atoms with Crippen molar-refractivity contribution in [2.24, 2.45) is 14.1 Å². The molecule has 12 heteroatoms. The number of amides is 1. The van der Waals surface area contributed by atoms with Crippen molar-refractivity contribution in [1.29, 1.82) is 0 Å². The zero-order valence-corrected chi connectivity index (χ0v) is 27.9. The van der Waals surface area contributed by atoms with Crippen molar-refractivity contribution in [3.05, 3.63) is 77.9 Å². The molecule has 7 rings (SSSR count). The Morgan fingerprint density at radius 2 is 1.77 bits per heavy atom. The minimum absolute atomic E-state index is 0.106. The molecule has 2 N–H and O–H groups in total. The summed E-state index contributed by atoms with van der Waals surface area (Å²) in [6.45, 7) is 3.54. The molecule has 248 valence electrons. The summed E-state index contributed by atoms with van der Waals surface area (Å²) in [6, 6.07) is 14.0. The molecule has 0 atom stereocenters. The lowest BCUT2D eigenvalue weighted by Crippen LogP contribution is -2.45. The molecular formula is C36H41N9O3. The normalized spacial score (nSPS) is 14.8. The first-order chi connectivity index (χ1) is 23.4. The van der Waals surface area contributed by atoms with Gasteiger partial charge in [0.15, 0.2) is 0 Å². The molecule has 5 aromatic rings. The van der Waals surface area contributed by atoms with Gasteiger partial charge < -0.3 is 25.0 Å². The average molecular weight is 648 g/mol. The summed E-state index contributed by atoms with van der Waals surface area (Å²) in [6.07, 6.45) is 9.25. The molecule has 0 saturated carbocycles.